The Hall–Kier alpha value is -0.360. The molecule has 0 atom stereocenters. The van der Waals surface area contributed by atoms with Gasteiger partial charge in [-0.15, -0.1) is 0 Å². The normalized spacial score (nSPS) is 11.7. The molecule has 0 amide bonds. The molecule has 3 rings (SSSR count). The van der Waals surface area contributed by atoms with Crippen molar-refractivity contribution in [3.63, 3.8) is 0 Å². The third kappa shape index (κ3) is 18.8. The molecule has 0 heterocycles. The summed E-state index contributed by atoms with van der Waals surface area (Å²) in [7, 11) is -5.39. The first-order chi connectivity index (χ1) is 17.0. The fourth-order valence-corrected chi connectivity index (χ4v) is 4.50. The summed E-state index contributed by atoms with van der Waals surface area (Å²) in [5.41, 5.74) is 5.17. The van der Waals surface area contributed by atoms with Crippen molar-refractivity contribution in [2.45, 2.75) is 78.6 Å². The molecule has 0 N–H and O–H groups in total. The summed E-state index contributed by atoms with van der Waals surface area (Å²) in [5, 5.41) is 0. The largest absolute Gasteiger partial charge is 0.822 e. The minimum Gasteiger partial charge on any atom is -0.822 e. The second-order valence-electron chi connectivity index (χ2n) is 12.3. The average molecular weight is 691 g/mol. The fraction of sp³-hybridized carbons (Fsp3) is 0.400. The molecule has 0 radical (unpaired) electrons. The number of benzene rings is 3. The van der Waals surface area contributed by atoms with Gasteiger partial charge in [0.2, 0.25) is 0 Å². The second-order valence-corrected chi connectivity index (χ2v) is 18.3. The van der Waals surface area contributed by atoms with E-state index in [1.165, 1.54) is 84.1 Å². The summed E-state index contributed by atoms with van der Waals surface area (Å²) in [6.45, 7) is 20.2. The van der Waals surface area contributed by atoms with E-state index in [0.29, 0.717) is 16.2 Å². The van der Waals surface area contributed by atoms with Crippen LogP contribution in [0.25, 0.3) is 0 Å². The van der Waals surface area contributed by atoms with Gasteiger partial charge in [0, 0.05) is 0 Å². The Morgan fingerprint density at radius 3 is 0.684 bits per heavy atom. The molecule has 0 aromatic heterocycles. The predicted octanol–water partition coefficient (Wildman–Crippen LogP) is 3.64. The van der Waals surface area contributed by atoms with E-state index < -0.39 is 7.82 Å². The van der Waals surface area contributed by atoms with Crippen molar-refractivity contribution in [1.82, 2.24) is 0 Å². The molecular weight excluding hydrogens is 651 g/mol. The van der Waals surface area contributed by atoms with Crippen LogP contribution in [-0.2, 0) is 75.7 Å². The summed E-state index contributed by atoms with van der Waals surface area (Å²) in [6.07, 6.45) is 0. The van der Waals surface area contributed by atoms with Crippen LogP contribution < -0.4 is 27.2 Å². The average Bonchev–Trinajstić information content (AvgIpc) is 2.72. The van der Waals surface area contributed by atoms with E-state index in [9.17, 15) is 0 Å². The van der Waals surface area contributed by atoms with E-state index in [4.69, 9.17) is 19.2 Å². The molecule has 0 aliphatic rings. The van der Waals surface area contributed by atoms with Crippen LogP contribution in [-0.4, -0.2) is 0 Å². The summed E-state index contributed by atoms with van der Waals surface area (Å²) >= 11 is 3.76. The minimum absolute atomic E-state index is 0.299. The van der Waals surface area contributed by atoms with Gasteiger partial charge in [0.1, 0.15) is 0 Å². The molecule has 0 fully saturated rings. The summed E-state index contributed by atoms with van der Waals surface area (Å²) in [4.78, 5) is 25.6. The van der Waals surface area contributed by atoms with Crippen molar-refractivity contribution in [3.8, 4) is 0 Å². The Kier molecular flexibility index (Phi) is 16.0. The molecule has 38 heavy (non-hydrogen) atoms. The quantitative estimate of drug-likeness (QED) is 0.267. The summed E-state index contributed by atoms with van der Waals surface area (Å²) in [5.74, 6) is 0. The minimum atomic E-state index is -5.39. The van der Waals surface area contributed by atoms with Gasteiger partial charge >= 0.3 is 235 Å². The Morgan fingerprint density at radius 1 is 0.447 bits per heavy atom. The molecule has 4 nitrogen and oxygen atoms in total. The van der Waals surface area contributed by atoms with Crippen molar-refractivity contribution < 1.29 is 74.2 Å². The maximum absolute atomic E-state index is 8.55. The number of hydrogen-bond donors (Lipinski definition) is 0. The fourth-order valence-electron chi connectivity index (χ4n) is 3.01. The van der Waals surface area contributed by atoms with E-state index >= 15 is 0 Å². The Morgan fingerprint density at radius 2 is 0.579 bits per heavy atom. The molecule has 194 valence electrons. The zero-order chi connectivity index (χ0) is 29.9. The Labute approximate surface area is 260 Å². The Bertz CT molecular complexity index is 979. The van der Waals surface area contributed by atoms with Crippen molar-refractivity contribution in [1.29, 1.82) is 0 Å². The van der Waals surface area contributed by atoms with Crippen LogP contribution in [0.3, 0.4) is 0 Å². The smallest absolute Gasteiger partial charge is 0.159 e. The van der Waals surface area contributed by atoms with Crippen LogP contribution in [0.4, 0.5) is 0 Å². The van der Waals surface area contributed by atoms with E-state index in [-0.39, 0.29) is 0 Å². The van der Waals surface area contributed by atoms with Crippen molar-refractivity contribution >= 4 is 20.3 Å². The number of rotatable bonds is 0. The molecule has 0 saturated carbocycles. The van der Waals surface area contributed by atoms with E-state index in [2.05, 4.69) is 135 Å². The first kappa shape index (κ1) is 37.6. The van der Waals surface area contributed by atoms with Gasteiger partial charge in [0.15, 0.2) is 0 Å². The van der Waals surface area contributed by atoms with Crippen LogP contribution in [0.1, 0.15) is 79.0 Å². The molecule has 3 aromatic carbocycles. The van der Waals surface area contributed by atoms with Gasteiger partial charge in [-0.1, -0.05) is 0 Å². The van der Waals surface area contributed by atoms with E-state index in [1.54, 1.807) is 0 Å². The SMILES string of the molecule is CC(C)(C)c1cc[c]([Zn+])cc1.CC(C)(C)c1cc[c]([Zn+])cc1.CC(C)(C)c1cc[c]([Zn+])cc1.O=P([O-])([O-])[O-]. The predicted molar refractivity (Wildman–Crippen MR) is 142 cm³/mol. The molecule has 0 aliphatic carbocycles. The van der Waals surface area contributed by atoms with Gasteiger partial charge in [-0.3, -0.25) is 0 Å². The summed E-state index contributed by atoms with van der Waals surface area (Å²) < 4.78 is 12.9. The number of phosphoric acid groups is 1. The molecule has 3 aromatic rings. The van der Waals surface area contributed by atoms with Crippen LogP contribution in [0.15, 0.2) is 72.8 Å². The third-order valence-electron chi connectivity index (χ3n) is 5.46. The maximum Gasteiger partial charge on any atom is -0.159 e. The van der Waals surface area contributed by atoms with Crippen molar-refractivity contribution in [2.24, 2.45) is 0 Å². The van der Waals surface area contributed by atoms with Crippen LogP contribution in [0.2, 0.25) is 0 Å². The first-order valence-corrected chi connectivity index (χ1v) is 18.4. The first-order valence-electron chi connectivity index (χ1n) is 12.5. The molecule has 0 unspecified atom stereocenters. The molecule has 8 heteroatoms. The molecule has 0 spiro atoms. The van der Waals surface area contributed by atoms with Gasteiger partial charge in [-0.2, -0.15) is 7.82 Å². The maximum atomic E-state index is 8.55. The molecular formula is C30H39O4PZn3. The van der Waals surface area contributed by atoms with Gasteiger partial charge in [0.05, 0.1) is 0 Å². The standard InChI is InChI=1S/3C10H13.H3O4P.3Zn/c3*1-10(2,3)9-7-5-4-6-8-9;1-5(2,3)4;;;/h3*5-8H,1-3H3;(H3,1,2,3,4);;;/q;;;;3*+1/p-3. The van der Waals surface area contributed by atoms with E-state index in [1.807, 2.05) is 0 Å². The second kappa shape index (κ2) is 16.2. The van der Waals surface area contributed by atoms with Gasteiger partial charge in [-0.05, 0) is 0 Å². The van der Waals surface area contributed by atoms with Gasteiger partial charge in [0.25, 0.3) is 0 Å². The molecule has 0 saturated heterocycles. The zero-order valence-corrected chi connectivity index (χ0v) is 34.4. The third-order valence-corrected chi connectivity index (χ3v) is 8.43. The van der Waals surface area contributed by atoms with Crippen molar-refractivity contribution in [2.75, 3.05) is 0 Å². The van der Waals surface area contributed by atoms with Crippen molar-refractivity contribution in [3.05, 3.63) is 89.5 Å². The molecule has 0 aliphatic heterocycles. The van der Waals surface area contributed by atoms with Crippen LogP contribution in [0, 0.1) is 0 Å². The van der Waals surface area contributed by atoms with Gasteiger partial charge < -0.3 is 19.2 Å². The zero-order valence-electron chi connectivity index (χ0n) is 24.6. The topological polar surface area (TPSA) is 86.2 Å². The number of hydrogen-bond acceptors (Lipinski definition) is 4. The van der Waals surface area contributed by atoms with Crippen LogP contribution >= 0.6 is 7.82 Å². The van der Waals surface area contributed by atoms with Crippen LogP contribution in [0.5, 0.6) is 0 Å². The molecule has 0 bridgehead atoms. The Balaban J connectivity index is 0.000000497. The van der Waals surface area contributed by atoms with Gasteiger partial charge in [-0.25, -0.2) is 0 Å². The monoisotopic (exact) mass is 686 g/mol. The summed E-state index contributed by atoms with van der Waals surface area (Å²) in [6, 6.07) is 26.7. The van der Waals surface area contributed by atoms with E-state index in [0.717, 1.165) is 0 Å².